The summed E-state index contributed by atoms with van der Waals surface area (Å²) in [4.78, 5) is 76.5. The Bertz CT molecular complexity index is 2790. The number of aryl methyl sites for hydroxylation is 2. The van der Waals surface area contributed by atoms with Gasteiger partial charge < -0.3 is 25.3 Å². The smallest absolute Gasteiger partial charge is 0.274 e. The van der Waals surface area contributed by atoms with Crippen LogP contribution in [0, 0.1) is 18.7 Å². The number of benzene rings is 4. The largest absolute Gasteiger partial charge is 0.339 e. The van der Waals surface area contributed by atoms with Crippen LogP contribution in [0.4, 0.5) is 10.1 Å². The van der Waals surface area contributed by atoms with E-state index in [2.05, 4.69) is 50.9 Å². The fourth-order valence-corrected chi connectivity index (χ4v) is 8.74. The van der Waals surface area contributed by atoms with E-state index in [1.807, 2.05) is 55.5 Å². The van der Waals surface area contributed by atoms with Crippen LogP contribution in [0.15, 0.2) is 108 Å². The first kappa shape index (κ1) is 44.5. The van der Waals surface area contributed by atoms with Crippen LogP contribution in [-0.4, -0.2) is 99.3 Å². The van der Waals surface area contributed by atoms with Gasteiger partial charge in [-0.2, -0.15) is 5.10 Å². The van der Waals surface area contributed by atoms with Crippen molar-refractivity contribution in [2.45, 2.75) is 52.5 Å². The second-order valence-electron chi connectivity index (χ2n) is 17.0. The molecule has 0 bridgehead atoms. The molecule has 4 amide bonds. The van der Waals surface area contributed by atoms with Gasteiger partial charge in [-0.05, 0) is 78.6 Å². The Kier molecular flexibility index (Phi) is 13.8. The van der Waals surface area contributed by atoms with Gasteiger partial charge in [-0.25, -0.2) is 14.5 Å². The quantitative estimate of drug-likeness (QED) is 0.118. The fraction of sp³-hybridized carbons (Fsp3) is 0.314. The zero-order valence-electron chi connectivity index (χ0n) is 36.7. The Labute approximate surface area is 377 Å². The highest BCUT2D eigenvalue weighted by molar-refractivity contribution is 6.03. The van der Waals surface area contributed by atoms with Gasteiger partial charge in [0.25, 0.3) is 17.4 Å². The minimum atomic E-state index is -0.630. The minimum absolute atomic E-state index is 0.0129. The summed E-state index contributed by atoms with van der Waals surface area (Å²) in [6.07, 6.45) is 4.41. The number of halogens is 1. The van der Waals surface area contributed by atoms with Gasteiger partial charge in [0.15, 0.2) is 5.69 Å². The molecule has 334 valence electrons. The Balaban J connectivity index is 0.849. The molecule has 13 nitrogen and oxygen atoms in total. The summed E-state index contributed by atoms with van der Waals surface area (Å²) in [5.41, 5.74) is 6.55. The van der Waals surface area contributed by atoms with Gasteiger partial charge in [-0.15, -0.1) is 0 Å². The number of piperazine rings is 1. The Morgan fingerprint density at radius 3 is 2.25 bits per heavy atom. The molecular weight excluding hydrogens is 824 g/mol. The number of nitrogens with one attached hydrogen (secondary N) is 3. The van der Waals surface area contributed by atoms with Gasteiger partial charge in [0.1, 0.15) is 5.82 Å². The van der Waals surface area contributed by atoms with Gasteiger partial charge in [-0.1, -0.05) is 85.3 Å². The Hall–Kier alpha value is -7.06. The van der Waals surface area contributed by atoms with Crippen molar-refractivity contribution < 1.29 is 23.6 Å². The molecule has 2 fully saturated rings. The van der Waals surface area contributed by atoms with E-state index in [9.17, 15) is 24.0 Å². The summed E-state index contributed by atoms with van der Waals surface area (Å²) < 4.78 is 15.1. The second-order valence-corrected chi connectivity index (χ2v) is 17.0. The summed E-state index contributed by atoms with van der Waals surface area (Å²) in [6.45, 7) is 6.75. The van der Waals surface area contributed by atoms with Crippen molar-refractivity contribution in [2.24, 2.45) is 5.92 Å². The number of H-pyrrole nitrogens is 1. The van der Waals surface area contributed by atoms with E-state index < -0.39 is 11.7 Å². The third kappa shape index (κ3) is 10.7. The van der Waals surface area contributed by atoms with E-state index in [-0.39, 0.29) is 60.1 Å². The molecule has 0 saturated carbocycles. The lowest BCUT2D eigenvalue weighted by Gasteiger charge is -2.37. The molecule has 0 radical (unpaired) electrons. The maximum absolute atomic E-state index is 15.1. The molecule has 0 unspecified atom stereocenters. The Morgan fingerprint density at radius 1 is 0.754 bits per heavy atom. The highest BCUT2D eigenvalue weighted by Crippen LogP contribution is 2.29. The number of piperidine rings is 1. The molecule has 4 heterocycles. The van der Waals surface area contributed by atoms with E-state index in [0.29, 0.717) is 86.1 Å². The lowest BCUT2D eigenvalue weighted by atomic mass is 9.92. The monoisotopic (exact) mass is 876 g/mol. The van der Waals surface area contributed by atoms with Gasteiger partial charge >= 0.3 is 0 Å². The molecule has 8 rings (SSSR count). The molecule has 0 aliphatic carbocycles. The number of likely N-dealkylation sites (tertiary alicyclic amines) is 1. The van der Waals surface area contributed by atoms with E-state index in [0.717, 1.165) is 34.2 Å². The topological polar surface area (TPSA) is 161 Å². The number of aromatic amines is 1. The maximum atomic E-state index is 15.1. The van der Waals surface area contributed by atoms with Crippen molar-refractivity contribution in [3.8, 4) is 11.1 Å². The van der Waals surface area contributed by atoms with Crippen LogP contribution >= 0.6 is 0 Å². The van der Waals surface area contributed by atoms with Crippen molar-refractivity contribution in [3.05, 3.63) is 159 Å². The molecule has 3 N–H and O–H groups in total. The number of pyridine rings is 1. The lowest BCUT2D eigenvalue weighted by Crippen LogP contribution is -2.51. The van der Waals surface area contributed by atoms with E-state index in [1.165, 1.54) is 12.1 Å². The van der Waals surface area contributed by atoms with Crippen molar-refractivity contribution >= 4 is 40.1 Å². The normalized spacial score (nSPS) is 14.4. The van der Waals surface area contributed by atoms with Gasteiger partial charge in [0.05, 0.1) is 28.9 Å². The van der Waals surface area contributed by atoms with Crippen LogP contribution < -0.4 is 16.2 Å². The molecule has 65 heavy (non-hydrogen) atoms. The van der Waals surface area contributed by atoms with Crippen molar-refractivity contribution in [1.82, 2.24) is 35.2 Å². The molecule has 2 aromatic heterocycles. The third-order valence-electron chi connectivity index (χ3n) is 12.4. The maximum Gasteiger partial charge on any atom is 0.274 e. The lowest BCUT2D eigenvalue weighted by molar-refractivity contribution is -0.134. The van der Waals surface area contributed by atoms with Gasteiger partial charge in [0.2, 0.25) is 11.8 Å². The number of hydrogen-bond donors (Lipinski definition) is 3. The van der Waals surface area contributed by atoms with Crippen LogP contribution in [0.2, 0.25) is 0 Å². The predicted molar refractivity (Wildman–Crippen MR) is 248 cm³/mol. The van der Waals surface area contributed by atoms with Gasteiger partial charge in [0, 0.05) is 75.8 Å². The summed E-state index contributed by atoms with van der Waals surface area (Å²) in [5, 5.41) is 14.1. The molecule has 2 saturated heterocycles. The van der Waals surface area contributed by atoms with E-state index >= 15 is 4.39 Å². The number of carbonyl (C=O) groups excluding carboxylic acids is 4. The number of fused-ring (bicyclic) bond motifs is 1. The molecular formula is C51H53FN8O5. The van der Waals surface area contributed by atoms with Crippen molar-refractivity contribution in [1.29, 1.82) is 0 Å². The minimum Gasteiger partial charge on any atom is -0.339 e. The third-order valence-corrected chi connectivity index (χ3v) is 12.4. The number of anilines is 1. The van der Waals surface area contributed by atoms with Crippen molar-refractivity contribution in [3.63, 3.8) is 0 Å². The average Bonchev–Trinajstić information content (AvgIpc) is 3.33. The zero-order valence-corrected chi connectivity index (χ0v) is 36.7. The highest BCUT2D eigenvalue weighted by atomic mass is 19.1. The summed E-state index contributed by atoms with van der Waals surface area (Å²) in [7, 11) is 0. The molecule has 0 spiro atoms. The number of rotatable bonds is 13. The molecule has 6 aromatic rings. The SMILES string of the molecule is CCc1cccc(-c2cnc(C(=O)N3CCC(CC(=O)N4CCN(C(=O)c5cc(Cc6n[nH]c(=O)c7ccccc67)ccc5F)CC4)CC3)c(NC(=O)CNCc3cccc(C)c3)c2)c1. The second kappa shape index (κ2) is 20.2. The van der Waals surface area contributed by atoms with Crippen molar-refractivity contribution in [2.75, 3.05) is 51.1 Å². The zero-order chi connectivity index (χ0) is 45.5. The molecule has 2 aliphatic heterocycles. The first-order chi connectivity index (χ1) is 31.5. The number of aromatic nitrogens is 3. The summed E-state index contributed by atoms with van der Waals surface area (Å²) in [6, 6.07) is 29.5. The number of nitrogens with zero attached hydrogens (tertiary/aromatic N) is 5. The van der Waals surface area contributed by atoms with Crippen LogP contribution in [0.3, 0.4) is 0 Å². The summed E-state index contributed by atoms with van der Waals surface area (Å²) in [5.74, 6) is -1.59. The highest BCUT2D eigenvalue weighted by Gasteiger charge is 2.31. The standard InChI is InChI=1S/C51H53FN8O5/c1-3-34-9-7-11-38(25-34)39-29-45(55-46(61)32-53-30-37-10-6-8-33(2)24-37)48(54-31-39)51(65)59-18-16-35(17-19-59)28-47(62)58-20-22-60(23-21-58)50(64)42-26-36(14-15-43(42)52)27-44-40-12-4-5-13-41(40)49(63)57-56-44/h4-15,24-26,29,31,35,53H,3,16-23,27-28,30,32H2,1-2H3,(H,55,61)(H,57,63). The number of amides is 4. The molecule has 14 heteroatoms. The number of carbonyl (C=O) groups is 4. The van der Waals surface area contributed by atoms with E-state index in [4.69, 9.17) is 0 Å². The van der Waals surface area contributed by atoms with Crippen LogP contribution in [-0.2, 0) is 29.0 Å². The Morgan fingerprint density at radius 2 is 1.48 bits per heavy atom. The predicted octanol–water partition coefficient (Wildman–Crippen LogP) is 6.54. The molecule has 0 atom stereocenters. The van der Waals surface area contributed by atoms with Gasteiger partial charge in [-0.3, -0.25) is 24.0 Å². The molecule has 2 aliphatic rings. The van der Waals surface area contributed by atoms with Crippen LogP contribution in [0.5, 0.6) is 0 Å². The molecule has 4 aromatic carbocycles. The first-order valence-corrected chi connectivity index (χ1v) is 22.3. The number of hydrogen-bond acceptors (Lipinski definition) is 8. The fourth-order valence-electron chi connectivity index (χ4n) is 8.74. The first-order valence-electron chi connectivity index (χ1n) is 22.3. The van der Waals surface area contributed by atoms with E-state index in [1.54, 1.807) is 39.1 Å². The average molecular weight is 877 g/mol. The van der Waals surface area contributed by atoms with Crippen LogP contribution in [0.1, 0.15) is 75.0 Å². The van der Waals surface area contributed by atoms with Crippen LogP contribution in [0.25, 0.3) is 21.9 Å². The summed E-state index contributed by atoms with van der Waals surface area (Å²) >= 11 is 0.